The molecule has 92 valence electrons. The molecule has 1 aliphatic rings. The fourth-order valence-corrected chi connectivity index (χ4v) is 2.87. The van der Waals surface area contributed by atoms with Gasteiger partial charge in [0.1, 0.15) is 0 Å². The zero-order valence-electron chi connectivity index (χ0n) is 10.9. The first-order chi connectivity index (χ1) is 8.05. The molecule has 1 aromatic carbocycles. The highest BCUT2D eigenvalue weighted by molar-refractivity contribution is 5.19. The summed E-state index contributed by atoms with van der Waals surface area (Å²) in [5, 5.41) is 0. The quantitative estimate of drug-likeness (QED) is 0.786. The minimum absolute atomic E-state index is 0.254. The van der Waals surface area contributed by atoms with Crippen LogP contribution in [0.1, 0.15) is 38.7 Å². The van der Waals surface area contributed by atoms with E-state index in [9.17, 15) is 0 Å². The fraction of sp³-hybridized carbons (Fsp3) is 0.500. The van der Waals surface area contributed by atoms with Crippen molar-refractivity contribution in [1.29, 1.82) is 0 Å². The van der Waals surface area contributed by atoms with E-state index in [1.165, 1.54) is 17.6 Å². The molecule has 0 aromatic heterocycles. The van der Waals surface area contributed by atoms with E-state index in [4.69, 9.17) is 5.73 Å². The van der Waals surface area contributed by atoms with Gasteiger partial charge >= 0.3 is 0 Å². The molecule has 1 unspecified atom stereocenters. The van der Waals surface area contributed by atoms with E-state index in [1.54, 1.807) is 0 Å². The van der Waals surface area contributed by atoms with E-state index in [1.807, 2.05) is 0 Å². The van der Waals surface area contributed by atoms with Gasteiger partial charge in [0, 0.05) is 6.04 Å². The molecule has 17 heavy (non-hydrogen) atoms. The third-order valence-corrected chi connectivity index (χ3v) is 3.52. The summed E-state index contributed by atoms with van der Waals surface area (Å²) in [4.78, 5) is 0. The summed E-state index contributed by atoms with van der Waals surface area (Å²) in [7, 11) is 0. The van der Waals surface area contributed by atoms with Crippen molar-refractivity contribution in [1.82, 2.24) is 0 Å². The van der Waals surface area contributed by atoms with E-state index in [2.05, 4.69) is 50.3 Å². The largest absolute Gasteiger partial charge is 0.324 e. The second-order valence-electron chi connectivity index (χ2n) is 6.02. The van der Waals surface area contributed by atoms with Crippen LogP contribution >= 0.6 is 0 Å². The van der Waals surface area contributed by atoms with Gasteiger partial charge in [0.25, 0.3) is 0 Å². The molecule has 0 bridgehead atoms. The molecule has 2 rings (SSSR count). The summed E-state index contributed by atoms with van der Waals surface area (Å²) in [6, 6.07) is 11.0. The van der Waals surface area contributed by atoms with Gasteiger partial charge in [-0.15, -0.1) is 0 Å². The predicted molar refractivity (Wildman–Crippen MR) is 73.8 cm³/mol. The maximum absolute atomic E-state index is 6.09. The Kier molecular flexibility index (Phi) is 3.68. The van der Waals surface area contributed by atoms with E-state index >= 15 is 0 Å². The Balaban J connectivity index is 1.95. The molecular formula is C16H23N. The second kappa shape index (κ2) is 5.05. The molecule has 1 atom stereocenters. The number of hydrogen-bond acceptors (Lipinski definition) is 1. The van der Waals surface area contributed by atoms with Crippen molar-refractivity contribution in [2.24, 2.45) is 11.1 Å². The lowest BCUT2D eigenvalue weighted by atomic mass is 9.74. The summed E-state index contributed by atoms with van der Waals surface area (Å²) < 4.78 is 0. The number of benzene rings is 1. The van der Waals surface area contributed by atoms with Crippen LogP contribution < -0.4 is 5.73 Å². The van der Waals surface area contributed by atoms with Gasteiger partial charge in [-0.2, -0.15) is 0 Å². The third-order valence-electron chi connectivity index (χ3n) is 3.52. The Morgan fingerprint density at radius 1 is 1.18 bits per heavy atom. The lowest BCUT2D eigenvalue weighted by molar-refractivity contribution is 0.298. The molecule has 0 heterocycles. The van der Waals surface area contributed by atoms with E-state index < -0.39 is 0 Å². The number of aryl methyl sites for hydroxylation is 1. The molecule has 0 amide bonds. The van der Waals surface area contributed by atoms with Crippen molar-refractivity contribution in [2.75, 3.05) is 0 Å². The van der Waals surface area contributed by atoms with Crippen LogP contribution in [0.3, 0.4) is 0 Å². The first kappa shape index (κ1) is 12.4. The van der Waals surface area contributed by atoms with E-state index in [-0.39, 0.29) is 6.04 Å². The van der Waals surface area contributed by atoms with E-state index in [0.717, 1.165) is 19.3 Å². The summed E-state index contributed by atoms with van der Waals surface area (Å²) in [6.07, 6.45) is 6.89. The predicted octanol–water partition coefficient (Wildman–Crippen LogP) is 3.69. The van der Waals surface area contributed by atoms with Gasteiger partial charge in [-0.05, 0) is 36.7 Å². The molecule has 1 aliphatic carbocycles. The molecule has 0 radical (unpaired) electrons. The summed E-state index contributed by atoms with van der Waals surface area (Å²) in [5.74, 6) is 0. The second-order valence-corrected chi connectivity index (χ2v) is 6.02. The highest BCUT2D eigenvalue weighted by atomic mass is 14.6. The van der Waals surface area contributed by atoms with E-state index in [0.29, 0.717) is 5.41 Å². The lowest BCUT2D eigenvalue weighted by Gasteiger charge is -2.33. The van der Waals surface area contributed by atoms with Crippen molar-refractivity contribution in [3.63, 3.8) is 0 Å². The van der Waals surface area contributed by atoms with Crippen LogP contribution in [-0.4, -0.2) is 6.04 Å². The molecule has 1 nitrogen and oxygen atoms in total. The van der Waals surface area contributed by atoms with Crippen molar-refractivity contribution in [2.45, 2.75) is 45.6 Å². The van der Waals surface area contributed by atoms with Crippen LogP contribution in [0.4, 0.5) is 0 Å². The molecule has 0 fully saturated rings. The third kappa shape index (κ3) is 3.71. The highest BCUT2D eigenvalue weighted by Crippen LogP contribution is 2.36. The van der Waals surface area contributed by atoms with Gasteiger partial charge in [-0.25, -0.2) is 0 Å². The average molecular weight is 229 g/mol. The number of allylic oxidation sites excluding steroid dienone is 1. The molecule has 0 saturated carbocycles. The molecule has 0 aliphatic heterocycles. The molecular weight excluding hydrogens is 206 g/mol. The van der Waals surface area contributed by atoms with Crippen LogP contribution in [0.2, 0.25) is 0 Å². The van der Waals surface area contributed by atoms with Crippen molar-refractivity contribution >= 4 is 0 Å². The Hall–Kier alpha value is -1.08. The first-order valence-corrected chi connectivity index (χ1v) is 6.54. The van der Waals surface area contributed by atoms with Crippen LogP contribution in [0.15, 0.2) is 42.0 Å². The van der Waals surface area contributed by atoms with Crippen molar-refractivity contribution in [3.8, 4) is 0 Å². The Morgan fingerprint density at radius 2 is 1.88 bits per heavy atom. The minimum atomic E-state index is 0.254. The van der Waals surface area contributed by atoms with Crippen molar-refractivity contribution in [3.05, 3.63) is 47.5 Å². The van der Waals surface area contributed by atoms with Gasteiger partial charge in [-0.3, -0.25) is 0 Å². The van der Waals surface area contributed by atoms with Crippen LogP contribution in [-0.2, 0) is 6.42 Å². The number of hydrogen-bond donors (Lipinski definition) is 1. The van der Waals surface area contributed by atoms with Crippen LogP contribution in [0, 0.1) is 5.41 Å². The van der Waals surface area contributed by atoms with Gasteiger partial charge in [0.15, 0.2) is 0 Å². The Bertz CT molecular complexity index is 389. The molecule has 1 heteroatoms. The normalized spacial score (nSPS) is 23.2. The number of rotatable bonds is 3. The van der Waals surface area contributed by atoms with Gasteiger partial charge in [-0.1, -0.05) is 55.8 Å². The maximum Gasteiger partial charge on any atom is 0.0231 e. The van der Waals surface area contributed by atoms with Crippen LogP contribution in [0.5, 0.6) is 0 Å². The van der Waals surface area contributed by atoms with Crippen LogP contribution in [0.25, 0.3) is 0 Å². The topological polar surface area (TPSA) is 26.0 Å². The summed E-state index contributed by atoms with van der Waals surface area (Å²) >= 11 is 0. The zero-order valence-corrected chi connectivity index (χ0v) is 10.9. The average Bonchev–Trinajstić information content (AvgIpc) is 2.25. The van der Waals surface area contributed by atoms with Gasteiger partial charge in [0.2, 0.25) is 0 Å². The number of nitrogens with two attached hydrogens (primary N) is 1. The maximum atomic E-state index is 6.09. The molecule has 2 N–H and O–H groups in total. The SMILES string of the molecule is CC1(C)CC(CCc2ccccc2)=CC(N)C1. The Morgan fingerprint density at radius 3 is 2.53 bits per heavy atom. The standard InChI is InChI=1S/C16H23N/c1-16(2)11-14(10-15(17)12-16)9-8-13-6-4-3-5-7-13/h3-7,10,15H,8-9,11-12,17H2,1-2H3. The first-order valence-electron chi connectivity index (χ1n) is 6.54. The van der Waals surface area contributed by atoms with Crippen molar-refractivity contribution < 1.29 is 0 Å². The molecule has 0 saturated heterocycles. The minimum Gasteiger partial charge on any atom is -0.324 e. The van der Waals surface area contributed by atoms with Gasteiger partial charge in [0.05, 0.1) is 0 Å². The smallest absolute Gasteiger partial charge is 0.0231 e. The molecule has 0 spiro atoms. The monoisotopic (exact) mass is 229 g/mol. The zero-order chi connectivity index (χ0) is 12.3. The van der Waals surface area contributed by atoms with Gasteiger partial charge < -0.3 is 5.73 Å². The highest BCUT2D eigenvalue weighted by Gasteiger charge is 2.26. The molecule has 1 aromatic rings. The Labute approximate surface area is 105 Å². The fourth-order valence-electron chi connectivity index (χ4n) is 2.87. The summed E-state index contributed by atoms with van der Waals surface area (Å²) in [5.41, 5.74) is 9.43. The lowest BCUT2D eigenvalue weighted by Crippen LogP contribution is -2.31. The summed E-state index contributed by atoms with van der Waals surface area (Å²) in [6.45, 7) is 4.64.